The van der Waals surface area contributed by atoms with Crippen LogP contribution >= 0.6 is 0 Å². The summed E-state index contributed by atoms with van der Waals surface area (Å²) < 4.78 is 0. The molecule has 0 fully saturated rings. The van der Waals surface area contributed by atoms with Gasteiger partial charge >= 0.3 is 0 Å². The summed E-state index contributed by atoms with van der Waals surface area (Å²) in [6.07, 6.45) is 0. The average Bonchev–Trinajstić information content (AvgIpc) is 3.61. The number of para-hydroxylation sites is 3. The minimum atomic E-state index is -0.234. The molecule has 0 aromatic heterocycles. The molecule has 11 aromatic carbocycles. The highest BCUT2D eigenvalue weighted by molar-refractivity contribution is 6.22. The molecule has 11 aromatic rings. The Labute approximate surface area is 393 Å². The number of rotatable bonds is 9. The molecule has 0 saturated heterocycles. The molecule has 0 unspecified atom stereocenters. The van der Waals surface area contributed by atoms with Crippen LogP contribution in [-0.2, 0) is 5.41 Å². The van der Waals surface area contributed by atoms with Gasteiger partial charge in [-0.25, -0.2) is 0 Å². The Kier molecular flexibility index (Phi) is 9.88. The van der Waals surface area contributed by atoms with Gasteiger partial charge in [-0.3, -0.25) is 0 Å². The van der Waals surface area contributed by atoms with Crippen LogP contribution in [-0.4, -0.2) is 0 Å². The number of anilines is 6. The molecule has 2 nitrogen and oxygen atoms in total. The molecule has 0 bridgehead atoms. The van der Waals surface area contributed by atoms with Crippen molar-refractivity contribution in [1.82, 2.24) is 0 Å². The highest BCUT2D eigenvalue weighted by Gasteiger charge is 2.37. The number of benzene rings is 11. The quantitative estimate of drug-likeness (QED) is 0.133. The standard InChI is InChI=1S/C65H48N2/c1-65(2)61-43-53(66(49-24-12-5-13-25-49)50-26-14-6-15-27-50)37-40-55(61)56-41-38-54(44-62(56)65)67(51-28-16-7-17-29-51)52-35-32-45(33-36-52)48-34-39-59-60(42-48)64(47-22-10-4-11-23-47)58-31-19-18-30-57(58)63(59)46-20-8-3-9-21-46/h3-44H,1-2H3. The molecule has 0 heterocycles. The van der Waals surface area contributed by atoms with E-state index in [0.717, 1.165) is 34.1 Å². The Balaban J connectivity index is 0.940. The maximum Gasteiger partial charge on any atom is 0.0465 e. The van der Waals surface area contributed by atoms with Gasteiger partial charge in [0.1, 0.15) is 0 Å². The van der Waals surface area contributed by atoms with E-state index in [1.54, 1.807) is 0 Å². The lowest BCUT2D eigenvalue weighted by Gasteiger charge is -2.29. The Bertz CT molecular complexity index is 3530. The van der Waals surface area contributed by atoms with Gasteiger partial charge < -0.3 is 9.80 Å². The van der Waals surface area contributed by atoms with Crippen LogP contribution in [0.1, 0.15) is 25.0 Å². The Morgan fingerprint density at radius 3 is 1.04 bits per heavy atom. The van der Waals surface area contributed by atoms with Crippen LogP contribution in [0.4, 0.5) is 34.1 Å². The average molecular weight is 857 g/mol. The van der Waals surface area contributed by atoms with E-state index in [0.29, 0.717) is 0 Å². The first-order valence-electron chi connectivity index (χ1n) is 23.3. The van der Waals surface area contributed by atoms with Crippen LogP contribution in [0.2, 0.25) is 0 Å². The molecule has 318 valence electrons. The van der Waals surface area contributed by atoms with Crippen molar-refractivity contribution in [3.63, 3.8) is 0 Å². The van der Waals surface area contributed by atoms with Crippen molar-refractivity contribution in [3.05, 3.63) is 266 Å². The predicted octanol–water partition coefficient (Wildman–Crippen LogP) is 18.2. The second kappa shape index (κ2) is 16.5. The van der Waals surface area contributed by atoms with Crippen LogP contribution in [0.5, 0.6) is 0 Å². The SMILES string of the molecule is CC1(C)c2cc(N(c3ccccc3)c3ccccc3)ccc2-c2ccc(N(c3ccccc3)c3ccc(-c4ccc5c(-c6ccccc6)c6ccccc6c(-c6ccccc6)c5c4)cc3)cc21. The van der Waals surface area contributed by atoms with Crippen molar-refractivity contribution in [2.75, 3.05) is 9.80 Å². The van der Waals surface area contributed by atoms with E-state index in [1.807, 2.05) is 0 Å². The second-order valence-electron chi connectivity index (χ2n) is 18.1. The number of hydrogen-bond donors (Lipinski definition) is 0. The molecule has 67 heavy (non-hydrogen) atoms. The molecule has 0 spiro atoms. The summed E-state index contributed by atoms with van der Waals surface area (Å²) in [5.74, 6) is 0. The van der Waals surface area contributed by atoms with Gasteiger partial charge in [0.05, 0.1) is 0 Å². The smallest absolute Gasteiger partial charge is 0.0465 e. The highest BCUT2D eigenvalue weighted by Crippen LogP contribution is 2.53. The van der Waals surface area contributed by atoms with Crippen molar-refractivity contribution >= 4 is 55.7 Å². The molecule has 0 N–H and O–H groups in total. The fourth-order valence-electron chi connectivity index (χ4n) is 10.6. The number of hydrogen-bond acceptors (Lipinski definition) is 2. The summed E-state index contributed by atoms with van der Waals surface area (Å²) in [4.78, 5) is 4.75. The van der Waals surface area contributed by atoms with Gasteiger partial charge in [-0.15, -0.1) is 0 Å². The summed E-state index contributed by atoms with van der Waals surface area (Å²) >= 11 is 0. The lowest BCUT2D eigenvalue weighted by Crippen LogP contribution is -2.17. The van der Waals surface area contributed by atoms with Crippen molar-refractivity contribution in [1.29, 1.82) is 0 Å². The van der Waals surface area contributed by atoms with Crippen LogP contribution < -0.4 is 9.80 Å². The van der Waals surface area contributed by atoms with Crippen molar-refractivity contribution in [3.8, 4) is 44.5 Å². The second-order valence-corrected chi connectivity index (χ2v) is 18.1. The predicted molar refractivity (Wildman–Crippen MR) is 285 cm³/mol. The maximum absolute atomic E-state index is 2.42. The Morgan fingerprint density at radius 1 is 0.254 bits per heavy atom. The van der Waals surface area contributed by atoms with Crippen LogP contribution in [0.25, 0.3) is 66.1 Å². The van der Waals surface area contributed by atoms with E-state index in [1.165, 1.54) is 77.2 Å². The van der Waals surface area contributed by atoms with Crippen molar-refractivity contribution in [2.45, 2.75) is 19.3 Å². The number of nitrogens with zero attached hydrogens (tertiary/aromatic N) is 2. The van der Waals surface area contributed by atoms with Gasteiger partial charge in [-0.2, -0.15) is 0 Å². The summed E-state index contributed by atoms with van der Waals surface area (Å²) in [5, 5.41) is 5.02. The van der Waals surface area contributed by atoms with Gasteiger partial charge in [0, 0.05) is 39.5 Å². The highest BCUT2D eigenvalue weighted by atomic mass is 15.1. The molecule has 0 amide bonds. The van der Waals surface area contributed by atoms with Crippen LogP contribution in [0.15, 0.2) is 255 Å². The van der Waals surface area contributed by atoms with Gasteiger partial charge in [-0.1, -0.05) is 190 Å². The van der Waals surface area contributed by atoms with E-state index in [9.17, 15) is 0 Å². The summed E-state index contributed by atoms with van der Waals surface area (Å²) in [7, 11) is 0. The Morgan fingerprint density at radius 2 is 0.597 bits per heavy atom. The Hall–Kier alpha value is -8.46. The van der Waals surface area contributed by atoms with Gasteiger partial charge in [-0.05, 0) is 156 Å². The fourth-order valence-corrected chi connectivity index (χ4v) is 10.6. The summed E-state index contributed by atoms with van der Waals surface area (Å²) in [5.41, 5.74) is 19.1. The third-order valence-electron chi connectivity index (χ3n) is 13.8. The monoisotopic (exact) mass is 856 g/mol. The molecular formula is C65H48N2. The summed E-state index contributed by atoms with van der Waals surface area (Å²) in [6.45, 7) is 4.75. The minimum Gasteiger partial charge on any atom is -0.310 e. The van der Waals surface area contributed by atoms with E-state index in [2.05, 4.69) is 278 Å². The molecular weight excluding hydrogens is 809 g/mol. The van der Waals surface area contributed by atoms with E-state index >= 15 is 0 Å². The molecule has 1 aliphatic rings. The molecule has 2 heteroatoms. The third-order valence-corrected chi connectivity index (χ3v) is 13.8. The minimum absolute atomic E-state index is 0.234. The molecule has 0 atom stereocenters. The zero-order valence-electron chi connectivity index (χ0n) is 37.6. The lowest BCUT2D eigenvalue weighted by molar-refractivity contribution is 0.660. The first kappa shape index (κ1) is 40.1. The topological polar surface area (TPSA) is 6.48 Å². The van der Waals surface area contributed by atoms with E-state index < -0.39 is 0 Å². The van der Waals surface area contributed by atoms with Gasteiger partial charge in [0.25, 0.3) is 0 Å². The lowest BCUT2D eigenvalue weighted by atomic mass is 9.82. The van der Waals surface area contributed by atoms with Crippen LogP contribution in [0.3, 0.4) is 0 Å². The zero-order chi connectivity index (χ0) is 44.9. The number of fused-ring (bicyclic) bond motifs is 5. The van der Waals surface area contributed by atoms with Crippen molar-refractivity contribution < 1.29 is 0 Å². The molecule has 0 aliphatic heterocycles. The van der Waals surface area contributed by atoms with E-state index in [-0.39, 0.29) is 5.41 Å². The first-order valence-corrected chi connectivity index (χ1v) is 23.3. The van der Waals surface area contributed by atoms with Gasteiger partial charge in [0.15, 0.2) is 0 Å². The largest absolute Gasteiger partial charge is 0.310 e. The molecule has 0 radical (unpaired) electrons. The first-order chi connectivity index (χ1) is 33.0. The van der Waals surface area contributed by atoms with E-state index in [4.69, 9.17) is 0 Å². The molecule has 1 aliphatic carbocycles. The molecule has 0 saturated carbocycles. The van der Waals surface area contributed by atoms with Crippen molar-refractivity contribution in [2.24, 2.45) is 0 Å². The maximum atomic E-state index is 2.42. The molecule has 12 rings (SSSR count). The third kappa shape index (κ3) is 6.97. The zero-order valence-corrected chi connectivity index (χ0v) is 37.6. The normalized spacial score (nSPS) is 12.4. The summed E-state index contributed by atoms with van der Waals surface area (Å²) in [6, 6.07) is 92.9. The van der Waals surface area contributed by atoms with Gasteiger partial charge in [0.2, 0.25) is 0 Å². The van der Waals surface area contributed by atoms with Crippen LogP contribution in [0, 0.1) is 0 Å². The fraction of sp³-hybridized carbons (Fsp3) is 0.0462.